The Morgan fingerprint density at radius 1 is 0.745 bits per heavy atom. The number of hydrogen-bond acceptors (Lipinski definition) is 9. The van der Waals surface area contributed by atoms with Gasteiger partial charge >= 0.3 is 0 Å². The van der Waals surface area contributed by atoms with Crippen LogP contribution in [0.4, 0.5) is 0 Å². The van der Waals surface area contributed by atoms with Gasteiger partial charge in [-0.15, -0.1) is 0 Å². The van der Waals surface area contributed by atoms with Crippen molar-refractivity contribution in [2.24, 2.45) is 34.3 Å². The number of rotatable bonds is 15. The smallest absolute Gasteiger partial charge is 0.239 e. The first-order valence-corrected chi connectivity index (χ1v) is 20.3. The summed E-state index contributed by atoms with van der Waals surface area (Å²) < 4.78 is 23.0. The third-order valence-corrected chi connectivity index (χ3v) is 12.7. The predicted octanol–water partition coefficient (Wildman–Crippen LogP) is 5.99. The summed E-state index contributed by atoms with van der Waals surface area (Å²) in [7, 11) is 3.29. The molecule has 4 fully saturated rings. The van der Waals surface area contributed by atoms with E-state index in [4.69, 9.17) is 24.7 Å². The summed E-state index contributed by atoms with van der Waals surface area (Å²) in [6, 6.07) is 11.4. The number of ether oxygens (including phenoxy) is 4. The molecule has 6 rings (SSSR count). The van der Waals surface area contributed by atoms with Gasteiger partial charge in [-0.2, -0.15) is 0 Å². The molecule has 2 amide bonds. The molecule has 0 aromatic heterocycles. The van der Waals surface area contributed by atoms with Crippen LogP contribution in [-0.4, -0.2) is 104 Å². The van der Waals surface area contributed by atoms with Crippen molar-refractivity contribution in [1.29, 1.82) is 0 Å². The topological polar surface area (TPSA) is 144 Å². The second-order valence-corrected chi connectivity index (χ2v) is 17.7. The molecule has 55 heavy (non-hydrogen) atoms. The van der Waals surface area contributed by atoms with Crippen LogP contribution in [0, 0.1) is 28.6 Å². The van der Waals surface area contributed by atoms with E-state index in [9.17, 15) is 19.8 Å². The quantitative estimate of drug-likeness (QED) is 0.199. The van der Waals surface area contributed by atoms with Gasteiger partial charge in [0.2, 0.25) is 11.8 Å². The molecule has 0 unspecified atom stereocenters. The maximum Gasteiger partial charge on any atom is 0.239 e. The number of carbonyl (C=O) groups excluding carboxylic acids is 2. The standard InChI is InChI=1S/C24H38N2O4.C20H29NO4/c1-15(2)10-20(25)23(28)26-12-19(24(4,14-26)16(3)27)18-8-9-21(29-5)22(11-18)30-13-17-6-7-17;1-13(22)20(3)12-21(14(2)23)10-17(20)16-7-8-18(24-4)19(9-16)25-11-15-5-6-15/h8-9,11,15-17,19-20,27H,6-7,10,12-14,25H2,1-5H3;7-9,13,15,17,22H,5-6,10-12H2,1-4H3/t16-,19+,20+,24+;13-,17+,20+/m11/s1. The molecule has 306 valence electrons. The van der Waals surface area contributed by atoms with E-state index in [1.807, 2.05) is 60.0 Å². The van der Waals surface area contributed by atoms with Gasteiger partial charge < -0.3 is 44.7 Å². The van der Waals surface area contributed by atoms with Crippen molar-refractivity contribution in [3.8, 4) is 23.0 Å². The molecule has 11 nitrogen and oxygen atoms in total. The molecule has 0 spiro atoms. The number of carbonyl (C=O) groups is 2. The van der Waals surface area contributed by atoms with Crippen molar-refractivity contribution < 1.29 is 38.7 Å². The summed E-state index contributed by atoms with van der Waals surface area (Å²) in [5.41, 5.74) is 7.48. The summed E-state index contributed by atoms with van der Waals surface area (Å²) in [5, 5.41) is 21.1. The highest BCUT2D eigenvalue weighted by Crippen LogP contribution is 2.48. The fourth-order valence-electron chi connectivity index (χ4n) is 8.13. The zero-order valence-electron chi connectivity index (χ0n) is 34.7. The molecule has 2 aromatic carbocycles. The Labute approximate surface area is 328 Å². The second-order valence-electron chi connectivity index (χ2n) is 17.7. The van der Waals surface area contributed by atoms with Crippen molar-refractivity contribution in [2.75, 3.05) is 53.6 Å². The summed E-state index contributed by atoms with van der Waals surface area (Å²) in [4.78, 5) is 28.5. The monoisotopic (exact) mass is 765 g/mol. The van der Waals surface area contributed by atoms with E-state index in [-0.39, 0.29) is 29.1 Å². The molecular formula is C44H67N3O8. The molecule has 2 saturated heterocycles. The Morgan fingerprint density at radius 2 is 1.16 bits per heavy atom. The number of benzene rings is 2. The fourth-order valence-corrected chi connectivity index (χ4v) is 8.13. The van der Waals surface area contributed by atoms with E-state index < -0.39 is 23.7 Å². The van der Waals surface area contributed by atoms with Gasteiger partial charge in [-0.25, -0.2) is 0 Å². The SMILES string of the molecule is COc1ccc([C@@H]2CN(C(=O)[C@@H](N)CC(C)C)C[C@@]2(C)[C@@H](C)O)cc1OCC1CC1.COc1ccc([C@@H]2CN(C(C)=O)C[C@@]2(C)[C@@H](C)O)cc1OCC1CC1. The van der Waals surface area contributed by atoms with Crippen LogP contribution in [0.25, 0.3) is 0 Å². The van der Waals surface area contributed by atoms with Gasteiger partial charge in [0, 0.05) is 55.8 Å². The summed E-state index contributed by atoms with van der Waals surface area (Å²) in [6.45, 7) is 17.1. The Hall–Kier alpha value is -3.54. The van der Waals surface area contributed by atoms with Crippen LogP contribution in [0.1, 0.15) is 104 Å². The summed E-state index contributed by atoms with van der Waals surface area (Å²) in [6.07, 6.45) is 4.49. The van der Waals surface area contributed by atoms with Crippen LogP contribution in [-0.2, 0) is 9.59 Å². The van der Waals surface area contributed by atoms with E-state index in [2.05, 4.69) is 27.7 Å². The molecule has 4 aliphatic rings. The highest BCUT2D eigenvalue weighted by molar-refractivity contribution is 5.82. The lowest BCUT2D eigenvalue weighted by atomic mass is 9.72. The van der Waals surface area contributed by atoms with Crippen LogP contribution in [0.5, 0.6) is 23.0 Å². The molecule has 4 N–H and O–H groups in total. The number of likely N-dealkylation sites (tertiary alicyclic amines) is 2. The average molecular weight is 766 g/mol. The normalized spacial score (nSPS) is 26.6. The Balaban J connectivity index is 0.000000214. The summed E-state index contributed by atoms with van der Waals surface area (Å²) in [5.74, 6) is 4.65. The molecular weight excluding hydrogens is 698 g/mol. The third kappa shape index (κ3) is 10.1. The molecule has 2 aromatic rings. The van der Waals surface area contributed by atoms with Gasteiger partial charge in [0.05, 0.1) is 45.7 Å². The molecule has 2 saturated carbocycles. The molecule has 11 heteroatoms. The van der Waals surface area contributed by atoms with Crippen LogP contribution in [0.2, 0.25) is 0 Å². The lowest BCUT2D eigenvalue weighted by Crippen LogP contribution is -2.45. The molecule has 2 heterocycles. The minimum absolute atomic E-state index is 0.0121. The Morgan fingerprint density at radius 3 is 1.53 bits per heavy atom. The molecule has 0 radical (unpaired) electrons. The average Bonchev–Trinajstić information content (AvgIpc) is 4.08. The van der Waals surface area contributed by atoms with E-state index in [0.717, 1.165) is 35.0 Å². The van der Waals surface area contributed by atoms with Crippen molar-refractivity contribution in [3.05, 3.63) is 47.5 Å². The minimum atomic E-state index is -0.570. The molecule has 7 atom stereocenters. The number of nitrogens with zero attached hydrogens (tertiary/aromatic N) is 2. The van der Waals surface area contributed by atoms with E-state index in [1.165, 1.54) is 25.7 Å². The van der Waals surface area contributed by atoms with E-state index in [1.54, 1.807) is 21.1 Å². The Bertz CT molecular complexity index is 1620. The van der Waals surface area contributed by atoms with Crippen molar-refractivity contribution in [3.63, 3.8) is 0 Å². The number of aliphatic hydroxyl groups is 2. The summed E-state index contributed by atoms with van der Waals surface area (Å²) >= 11 is 0. The van der Waals surface area contributed by atoms with Gasteiger partial charge in [-0.05, 0) is 99.1 Å². The van der Waals surface area contributed by atoms with E-state index >= 15 is 0 Å². The van der Waals surface area contributed by atoms with Crippen molar-refractivity contribution in [1.82, 2.24) is 9.80 Å². The third-order valence-electron chi connectivity index (χ3n) is 12.7. The van der Waals surface area contributed by atoms with Crippen molar-refractivity contribution in [2.45, 2.75) is 111 Å². The number of nitrogens with two attached hydrogens (primary N) is 1. The van der Waals surface area contributed by atoms with Crippen molar-refractivity contribution >= 4 is 11.8 Å². The zero-order chi connectivity index (χ0) is 40.2. The number of hydrogen-bond donors (Lipinski definition) is 3. The highest BCUT2D eigenvalue weighted by atomic mass is 16.5. The maximum atomic E-state index is 13.0. The first-order valence-electron chi connectivity index (χ1n) is 20.3. The zero-order valence-corrected chi connectivity index (χ0v) is 34.7. The number of methoxy groups -OCH3 is 2. The fraction of sp³-hybridized carbons (Fsp3) is 0.682. The number of amides is 2. The van der Waals surface area contributed by atoms with Crippen LogP contribution < -0.4 is 24.7 Å². The molecule has 0 bridgehead atoms. The number of aliphatic hydroxyl groups excluding tert-OH is 2. The second kappa shape index (κ2) is 17.7. The van der Waals surface area contributed by atoms with Crippen LogP contribution >= 0.6 is 0 Å². The Kier molecular flexibility index (Phi) is 13.7. The maximum absolute atomic E-state index is 13.0. The van der Waals surface area contributed by atoms with Crippen LogP contribution in [0.3, 0.4) is 0 Å². The molecule has 2 aliphatic carbocycles. The van der Waals surface area contributed by atoms with Gasteiger partial charge in [0.15, 0.2) is 23.0 Å². The predicted molar refractivity (Wildman–Crippen MR) is 214 cm³/mol. The minimum Gasteiger partial charge on any atom is -0.493 e. The van der Waals surface area contributed by atoms with E-state index in [0.29, 0.717) is 62.7 Å². The first-order chi connectivity index (χ1) is 26.0. The van der Waals surface area contributed by atoms with Gasteiger partial charge in [-0.1, -0.05) is 39.8 Å². The van der Waals surface area contributed by atoms with Gasteiger partial charge in [0.1, 0.15) is 0 Å². The largest absolute Gasteiger partial charge is 0.493 e. The lowest BCUT2D eigenvalue weighted by Gasteiger charge is -2.34. The first kappa shape index (κ1) is 42.6. The van der Waals surface area contributed by atoms with Gasteiger partial charge in [0.25, 0.3) is 0 Å². The lowest BCUT2D eigenvalue weighted by molar-refractivity contribution is -0.132. The highest BCUT2D eigenvalue weighted by Gasteiger charge is 2.50. The van der Waals surface area contributed by atoms with Gasteiger partial charge in [-0.3, -0.25) is 9.59 Å². The van der Waals surface area contributed by atoms with Crippen LogP contribution in [0.15, 0.2) is 36.4 Å². The molecule has 2 aliphatic heterocycles.